The van der Waals surface area contributed by atoms with Gasteiger partial charge in [0, 0.05) is 0 Å². The molecule has 0 amide bonds. The van der Waals surface area contributed by atoms with Gasteiger partial charge in [0.25, 0.3) is 0 Å². The molecule has 3 aliphatic rings. The van der Waals surface area contributed by atoms with Crippen molar-refractivity contribution in [1.29, 1.82) is 0 Å². The van der Waals surface area contributed by atoms with E-state index in [4.69, 9.17) is 18.9 Å². The van der Waals surface area contributed by atoms with E-state index >= 15 is 0 Å². The Bertz CT molecular complexity index is 815. The second kappa shape index (κ2) is 14.0. The minimum Gasteiger partial charge on any atom is -0.459 e. The quantitative estimate of drug-likeness (QED) is 0.341. The molecule has 4 rings (SSSR count). The van der Waals surface area contributed by atoms with Gasteiger partial charge in [0.05, 0.1) is 18.8 Å². The number of hydrogen-bond acceptors (Lipinski definition) is 9. The van der Waals surface area contributed by atoms with Crippen LogP contribution in [0.15, 0.2) is 30.3 Å². The van der Waals surface area contributed by atoms with Crippen LogP contribution in [0.2, 0.25) is 0 Å². The SMILES string of the molecule is O=C(OCc1ccccc1)[C@H](CC1CCCCC1)O[C@H]1[C@@H](O)[C@@H](CO)O[C@@H](O[C@@H]2CCCC[C@H]2O)[C@@H]1O. The van der Waals surface area contributed by atoms with Gasteiger partial charge in [0.15, 0.2) is 12.4 Å². The molecule has 1 aromatic carbocycles. The van der Waals surface area contributed by atoms with Gasteiger partial charge in [-0.25, -0.2) is 4.79 Å². The number of benzene rings is 1. The predicted octanol–water partition coefficient (Wildman–Crippen LogP) is 2.21. The van der Waals surface area contributed by atoms with Crippen LogP contribution in [0.3, 0.4) is 0 Å². The van der Waals surface area contributed by atoms with Crippen molar-refractivity contribution in [2.24, 2.45) is 5.92 Å². The van der Waals surface area contributed by atoms with Gasteiger partial charge >= 0.3 is 5.97 Å². The van der Waals surface area contributed by atoms with Crippen LogP contribution < -0.4 is 0 Å². The van der Waals surface area contributed by atoms with Crippen LogP contribution in [0.4, 0.5) is 0 Å². The van der Waals surface area contributed by atoms with Gasteiger partial charge < -0.3 is 39.4 Å². The number of aliphatic hydroxyl groups is 4. The Balaban J connectivity index is 1.47. The number of carbonyl (C=O) groups excluding carboxylic acids is 1. The lowest BCUT2D eigenvalue weighted by Crippen LogP contribution is -2.62. The number of carbonyl (C=O) groups is 1. The van der Waals surface area contributed by atoms with Crippen LogP contribution in [-0.4, -0.2) is 82.0 Å². The van der Waals surface area contributed by atoms with E-state index in [-0.39, 0.29) is 12.5 Å². The lowest BCUT2D eigenvalue weighted by atomic mass is 9.85. The van der Waals surface area contributed by atoms with Crippen LogP contribution in [0.5, 0.6) is 0 Å². The highest BCUT2D eigenvalue weighted by atomic mass is 16.7. The second-order valence-corrected chi connectivity index (χ2v) is 10.7. The molecular formula is C28H42O9. The van der Waals surface area contributed by atoms with E-state index in [1.54, 1.807) is 0 Å². The number of ether oxygens (including phenoxy) is 4. The summed E-state index contributed by atoms with van der Waals surface area (Å²) in [6.45, 7) is -0.430. The van der Waals surface area contributed by atoms with E-state index in [2.05, 4.69) is 0 Å². The Morgan fingerprint density at radius 3 is 2.35 bits per heavy atom. The van der Waals surface area contributed by atoms with Gasteiger partial charge in [-0.3, -0.25) is 0 Å². The first kappa shape index (κ1) is 28.4. The Kier molecular flexibility index (Phi) is 10.7. The van der Waals surface area contributed by atoms with Gasteiger partial charge in [-0.15, -0.1) is 0 Å². The molecule has 0 spiro atoms. The Morgan fingerprint density at radius 2 is 1.65 bits per heavy atom. The molecule has 9 heteroatoms. The average molecular weight is 523 g/mol. The van der Waals surface area contributed by atoms with Crippen LogP contribution in [0.1, 0.15) is 69.8 Å². The van der Waals surface area contributed by atoms with Crippen molar-refractivity contribution in [3.8, 4) is 0 Å². The van der Waals surface area contributed by atoms with Crippen molar-refractivity contribution in [2.45, 2.75) is 120 Å². The highest BCUT2D eigenvalue weighted by molar-refractivity contribution is 5.74. The molecule has 3 fully saturated rings. The normalized spacial score (nSPS) is 34.1. The second-order valence-electron chi connectivity index (χ2n) is 10.7. The topological polar surface area (TPSA) is 135 Å². The summed E-state index contributed by atoms with van der Waals surface area (Å²) in [6, 6.07) is 9.35. The van der Waals surface area contributed by atoms with Gasteiger partial charge in [0.2, 0.25) is 0 Å². The molecule has 1 saturated heterocycles. The smallest absolute Gasteiger partial charge is 0.335 e. The summed E-state index contributed by atoms with van der Waals surface area (Å²) >= 11 is 0. The van der Waals surface area contributed by atoms with Crippen molar-refractivity contribution in [2.75, 3.05) is 6.61 Å². The highest BCUT2D eigenvalue weighted by Gasteiger charge is 2.48. The third-order valence-corrected chi connectivity index (χ3v) is 7.88. The first-order valence-corrected chi connectivity index (χ1v) is 13.8. The monoisotopic (exact) mass is 522 g/mol. The lowest BCUT2D eigenvalue weighted by Gasteiger charge is -2.44. The predicted molar refractivity (Wildman–Crippen MR) is 133 cm³/mol. The van der Waals surface area contributed by atoms with Gasteiger partial charge in [-0.05, 0) is 30.7 Å². The first-order chi connectivity index (χ1) is 18.0. The molecule has 0 aromatic heterocycles. The first-order valence-electron chi connectivity index (χ1n) is 13.8. The molecule has 4 N–H and O–H groups in total. The molecule has 0 unspecified atom stereocenters. The maximum atomic E-state index is 13.2. The minimum atomic E-state index is -1.43. The summed E-state index contributed by atoms with van der Waals surface area (Å²) in [5.74, 6) is -0.281. The van der Waals surface area contributed by atoms with E-state index in [0.717, 1.165) is 44.1 Å². The van der Waals surface area contributed by atoms with E-state index in [0.29, 0.717) is 19.3 Å². The zero-order valence-corrected chi connectivity index (χ0v) is 21.4. The van der Waals surface area contributed by atoms with Crippen LogP contribution in [-0.2, 0) is 30.3 Å². The van der Waals surface area contributed by atoms with E-state index < -0.39 is 61.6 Å². The molecular weight excluding hydrogens is 480 g/mol. The summed E-state index contributed by atoms with van der Waals surface area (Å²) in [6.07, 6.45) is 0.146. The third kappa shape index (κ3) is 7.72. The standard InChI is InChI=1S/C28H42O9/c29-16-23-24(31)26(25(32)28(37-23)36-21-14-8-7-13-20(21)30)35-22(15-18-9-3-1-4-10-18)27(33)34-17-19-11-5-2-6-12-19/h2,5-6,11-12,18,20-26,28-32H,1,3-4,7-10,13-17H2/t20-,21-,22+,23-,24+,25-,26+,28-/m1/s1. The fourth-order valence-corrected chi connectivity index (χ4v) is 5.68. The molecule has 0 radical (unpaired) electrons. The van der Waals surface area contributed by atoms with Crippen molar-refractivity contribution >= 4 is 5.97 Å². The minimum absolute atomic E-state index is 0.0909. The number of rotatable bonds is 10. The fourth-order valence-electron chi connectivity index (χ4n) is 5.68. The summed E-state index contributed by atoms with van der Waals surface area (Å²) in [5, 5.41) is 42.2. The Labute approximate surface area is 218 Å². The highest BCUT2D eigenvalue weighted by Crippen LogP contribution is 2.33. The zero-order valence-electron chi connectivity index (χ0n) is 21.4. The molecule has 37 heavy (non-hydrogen) atoms. The molecule has 1 aliphatic heterocycles. The molecule has 0 bridgehead atoms. The molecule has 9 nitrogen and oxygen atoms in total. The largest absolute Gasteiger partial charge is 0.459 e. The summed E-state index contributed by atoms with van der Waals surface area (Å²) in [4.78, 5) is 13.2. The van der Waals surface area contributed by atoms with Crippen molar-refractivity contribution < 1.29 is 44.2 Å². The van der Waals surface area contributed by atoms with Crippen LogP contribution in [0.25, 0.3) is 0 Å². The Hall–Kier alpha value is -1.59. The van der Waals surface area contributed by atoms with Crippen LogP contribution in [0, 0.1) is 5.92 Å². The molecule has 2 aliphatic carbocycles. The fraction of sp³-hybridized carbons (Fsp3) is 0.750. The summed E-state index contributed by atoms with van der Waals surface area (Å²) in [7, 11) is 0. The van der Waals surface area contributed by atoms with E-state index in [1.165, 1.54) is 6.42 Å². The van der Waals surface area contributed by atoms with Gasteiger partial charge in [-0.2, -0.15) is 0 Å². The number of esters is 1. The Morgan fingerprint density at radius 1 is 0.946 bits per heavy atom. The van der Waals surface area contributed by atoms with Crippen molar-refractivity contribution in [3.05, 3.63) is 35.9 Å². The van der Waals surface area contributed by atoms with Crippen molar-refractivity contribution in [1.82, 2.24) is 0 Å². The molecule has 2 saturated carbocycles. The summed E-state index contributed by atoms with van der Waals surface area (Å²) < 4.78 is 23.3. The lowest BCUT2D eigenvalue weighted by molar-refractivity contribution is -0.328. The molecule has 1 heterocycles. The van der Waals surface area contributed by atoms with Gasteiger partial charge in [0.1, 0.15) is 31.0 Å². The average Bonchev–Trinajstić information content (AvgIpc) is 2.92. The van der Waals surface area contributed by atoms with E-state index in [1.807, 2.05) is 30.3 Å². The van der Waals surface area contributed by atoms with Gasteiger partial charge in [-0.1, -0.05) is 75.3 Å². The third-order valence-electron chi connectivity index (χ3n) is 7.88. The molecule has 8 atom stereocenters. The summed E-state index contributed by atoms with van der Waals surface area (Å²) in [5.41, 5.74) is 0.846. The maximum absolute atomic E-state index is 13.2. The molecule has 208 valence electrons. The number of hydrogen-bond donors (Lipinski definition) is 4. The zero-order chi connectivity index (χ0) is 26.2. The van der Waals surface area contributed by atoms with Crippen molar-refractivity contribution in [3.63, 3.8) is 0 Å². The number of aliphatic hydroxyl groups excluding tert-OH is 4. The maximum Gasteiger partial charge on any atom is 0.335 e. The van der Waals surface area contributed by atoms with Crippen LogP contribution >= 0.6 is 0 Å². The van der Waals surface area contributed by atoms with E-state index in [9.17, 15) is 25.2 Å². The molecule has 1 aromatic rings.